The molecule has 2 rings (SSSR count). The van der Waals surface area contributed by atoms with Gasteiger partial charge in [0, 0.05) is 15.1 Å². The van der Waals surface area contributed by atoms with E-state index in [4.69, 9.17) is 21.1 Å². The maximum absolute atomic E-state index is 12.3. The second-order valence-corrected chi connectivity index (χ2v) is 6.32. The molecule has 0 heterocycles. The van der Waals surface area contributed by atoms with Crippen LogP contribution in [0.2, 0.25) is 5.02 Å². The molecule has 0 unspecified atom stereocenters. The quantitative estimate of drug-likeness (QED) is 0.675. The summed E-state index contributed by atoms with van der Waals surface area (Å²) in [5, 5.41) is 3.51. The van der Waals surface area contributed by atoms with E-state index in [-0.39, 0.29) is 5.91 Å². The van der Waals surface area contributed by atoms with Crippen LogP contribution in [0.1, 0.15) is 22.8 Å². The van der Waals surface area contributed by atoms with Crippen molar-refractivity contribution in [3.8, 4) is 11.5 Å². The molecule has 4 nitrogen and oxygen atoms in total. The molecule has 0 bridgehead atoms. The number of carbonyl (C=O) groups is 1. The zero-order chi connectivity index (χ0) is 16.8. The minimum Gasteiger partial charge on any atom is -0.493 e. The van der Waals surface area contributed by atoms with Gasteiger partial charge >= 0.3 is 0 Å². The summed E-state index contributed by atoms with van der Waals surface area (Å²) in [5.41, 5.74) is 1.54. The van der Waals surface area contributed by atoms with Gasteiger partial charge in [-0.2, -0.15) is 0 Å². The number of methoxy groups -OCH3 is 1. The number of hydrogen-bond donors (Lipinski definition) is 1. The van der Waals surface area contributed by atoms with Crippen LogP contribution in [0.4, 0.5) is 0 Å². The van der Waals surface area contributed by atoms with Crippen molar-refractivity contribution in [2.24, 2.45) is 0 Å². The lowest BCUT2D eigenvalue weighted by atomic mass is 10.1. The molecule has 2 aromatic rings. The third kappa shape index (κ3) is 4.75. The van der Waals surface area contributed by atoms with Crippen molar-refractivity contribution in [2.75, 3.05) is 13.7 Å². The first-order chi connectivity index (χ1) is 11.0. The monoisotopic (exact) mass is 445 g/mol. The van der Waals surface area contributed by atoms with E-state index in [0.717, 1.165) is 9.13 Å². The minimum absolute atomic E-state index is 0.140. The van der Waals surface area contributed by atoms with Crippen molar-refractivity contribution in [2.45, 2.75) is 13.5 Å². The zero-order valence-corrected chi connectivity index (χ0v) is 15.8. The summed E-state index contributed by atoms with van der Waals surface area (Å²) >= 11 is 8.00. The summed E-state index contributed by atoms with van der Waals surface area (Å²) in [5.74, 6) is 1.20. The van der Waals surface area contributed by atoms with Gasteiger partial charge in [-0.25, -0.2) is 0 Å². The zero-order valence-electron chi connectivity index (χ0n) is 12.9. The maximum atomic E-state index is 12.3. The Morgan fingerprint density at radius 2 is 2.00 bits per heavy atom. The Bertz CT molecular complexity index is 706. The first-order valence-electron chi connectivity index (χ1n) is 7.08. The van der Waals surface area contributed by atoms with Crippen LogP contribution in [-0.4, -0.2) is 19.6 Å². The van der Waals surface area contributed by atoms with Gasteiger partial charge in [0.25, 0.3) is 5.91 Å². The van der Waals surface area contributed by atoms with Crippen molar-refractivity contribution in [3.05, 3.63) is 56.1 Å². The molecular weight excluding hydrogens is 429 g/mol. The van der Waals surface area contributed by atoms with E-state index in [1.807, 2.05) is 25.1 Å². The summed E-state index contributed by atoms with van der Waals surface area (Å²) in [7, 11) is 1.59. The van der Waals surface area contributed by atoms with Gasteiger partial charge in [-0.05, 0) is 65.4 Å². The van der Waals surface area contributed by atoms with Gasteiger partial charge in [0.1, 0.15) is 0 Å². The number of hydrogen-bond acceptors (Lipinski definition) is 3. The first-order valence-corrected chi connectivity index (χ1v) is 8.53. The molecule has 0 radical (unpaired) electrons. The van der Waals surface area contributed by atoms with Crippen molar-refractivity contribution in [1.29, 1.82) is 0 Å². The molecular formula is C17H17ClINO3. The predicted octanol–water partition coefficient (Wildman–Crippen LogP) is 4.28. The van der Waals surface area contributed by atoms with Gasteiger partial charge in [-0.1, -0.05) is 17.7 Å². The van der Waals surface area contributed by atoms with Gasteiger partial charge in [0.15, 0.2) is 11.5 Å². The van der Waals surface area contributed by atoms with Crippen molar-refractivity contribution < 1.29 is 14.3 Å². The molecule has 0 aliphatic carbocycles. The summed E-state index contributed by atoms with van der Waals surface area (Å²) in [4.78, 5) is 12.3. The summed E-state index contributed by atoms with van der Waals surface area (Å²) < 4.78 is 11.6. The average molecular weight is 446 g/mol. The fourth-order valence-corrected chi connectivity index (χ4v) is 3.16. The molecule has 0 aromatic heterocycles. The SMILES string of the molecule is CCOc1ccc(CNC(=O)c2ccc(Cl)cc2I)cc1OC. The number of ether oxygens (including phenoxy) is 2. The Balaban J connectivity index is 2.06. The lowest BCUT2D eigenvalue weighted by Gasteiger charge is -2.12. The Morgan fingerprint density at radius 3 is 2.65 bits per heavy atom. The average Bonchev–Trinajstić information content (AvgIpc) is 2.53. The van der Waals surface area contributed by atoms with Gasteiger partial charge in [-0.3, -0.25) is 4.79 Å². The highest BCUT2D eigenvalue weighted by atomic mass is 127. The molecule has 2 aromatic carbocycles. The molecule has 1 N–H and O–H groups in total. The first kappa shape index (κ1) is 17.9. The maximum Gasteiger partial charge on any atom is 0.252 e. The van der Waals surface area contributed by atoms with E-state index >= 15 is 0 Å². The van der Waals surface area contributed by atoms with E-state index < -0.39 is 0 Å². The molecule has 0 spiro atoms. The highest BCUT2D eigenvalue weighted by Gasteiger charge is 2.11. The van der Waals surface area contributed by atoms with Crippen molar-refractivity contribution in [1.82, 2.24) is 5.32 Å². The highest BCUT2D eigenvalue weighted by Crippen LogP contribution is 2.28. The lowest BCUT2D eigenvalue weighted by Crippen LogP contribution is -2.23. The molecule has 0 aliphatic rings. The normalized spacial score (nSPS) is 10.3. The van der Waals surface area contributed by atoms with Crippen LogP contribution in [-0.2, 0) is 6.54 Å². The largest absolute Gasteiger partial charge is 0.493 e. The number of carbonyl (C=O) groups excluding carboxylic acids is 1. The number of benzene rings is 2. The van der Waals surface area contributed by atoms with Gasteiger partial charge in [0.05, 0.1) is 19.3 Å². The second kappa shape index (κ2) is 8.40. The molecule has 0 saturated carbocycles. The molecule has 23 heavy (non-hydrogen) atoms. The van der Waals surface area contributed by atoms with E-state index in [1.165, 1.54) is 0 Å². The fourth-order valence-electron chi connectivity index (χ4n) is 2.05. The Labute approximate surface area is 154 Å². The van der Waals surface area contributed by atoms with Gasteiger partial charge < -0.3 is 14.8 Å². The number of amides is 1. The Kier molecular flexibility index (Phi) is 6.53. The number of halogens is 2. The minimum atomic E-state index is -0.140. The number of nitrogens with one attached hydrogen (secondary N) is 1. The van der Waals surface area contributed by atoms with Crippen LogP contribution >= 0.6 is 34.2 Å². The standard InChI is InChI=1S/C17H17ClINO3/c1-3-23-15-7-4-11(8-16(15)22-2)10-20-17(21)13-6-5-12(18)9-14(13)19/h4-9H,3,10H2,1-2H3,(H,20,21). The number of rotatable bonds is 6. The smallest absolute Gasteiger partial charge is 0.252 e. The van der Waals surface area contributed by atoms with E-state index in [2.05, 4.69) is 27.9 Å². The fraction of sp³-hybridized carbons (Fsp3) is 0.235. The molecule has 0 aliphatic heterocycles. The lowest BCUT2D eigenvalue weighted by molar-refractivity contribution is 0.0950. The second-order valence-electron chi connectivity index (χ2n) is 4.73. The molecule has 122 valence electrons. The van der Waals surface area contributed by atoms with Crippen LogP contribution < -0.4 is 14.8 Å². The van der Waals surface area contributed by atoms with Crippen LogP contribution in [0, 0.1) is 3.57 Å². The van der Waals surface area contributed by atoms with Crippen LogP contribution in [0.15, 0.2) is 36.4 Å². The summed E-state index contributed by atoms with van der Waals surface area (Å²) in [6.07, 6.45) is 0. The van der Waals surface area contributed by atoms with E-state index in [1.54, 1.807) is 25.3 Å². The van der Waals surface area contributed by atoms with Gasteiger partial charge in [-0.15, -0.1) is 0 Å². The van der Waals surface area contributed by atoms with Crippen molar-refractivity contribution in [3.63, 3.8) is 0 Å². The van der Waals surface area contributed by atoms with E-state index in [0.29, 0.717) is 35.2 Å². The predicted molar refractivity (Wildman–Crippen MR) is 99.5 cm³/mol. The Morgan fingerprint density at radius 1 is 1.22 bits per heavy atom. The highest BCUT2D eigenvalue weighted by molar-refractivity contribution is 14.1. The molecule has 0 fully saturated rings. The van der Waals surface area contributed by atoms with E-state index in [9.17, 15) is 4.79 Å². The summed E-state index contributed by atoms with van der Waals surface area (Å²) in [6.45, 7) is 2.89. The Hall–Kier alpha value is -1.47. The molecule has 0 saturated heterocycles. The van der Waals surface area contributed by atoms with Crippen molar-refractivity contribution >= 4 is 40.1 Å². The summed E-state index contributed by atoms with van der Waals surface area (Å²) in [6, 6.07) is 10.8. The third-order valence-electron chi connectivity index (χ3n) is 3.16. The van der Waals surface area contributed by atoms with Crippen LogP contribution in [0.5, 0.6) is 11.5 Å². The topological polar surface area (TPSA) is 47.6 Å². The molecule has 0 atom stereocenters. The van der Waals surface area contributed by atoms with Crippen LogP contribution in [0.25, 0.3) is 0 Å². The molecule has 6 heteroatoms. The van der Waals surface area contributed by atoms with Crippen LogP contribution in [0.3, 0.4) is 0 Å². The molecule has 1 amide bonds. The van der Waals surface area contributed by atoms with Gasteiger partial charge in [0.2, 0.25) is 0 Å². The third-order valence-corrected chi connectivity index (χ3v) is 4.28.